The Labute approximate surface area is 102 Å². The summed E-state index contributed by atoms with van der Waals surface area (Å²) in [6, 6.07) is 8.52. The van der Waals surface area contributed by atoms with Gasteiger partial charge < -0.3 is 4.90 Å². The smallest absolute Gasteiger partial charge is 0.232 e. The Morgan fingerprint density at radius 2 is 1.88 bits per heavy atom. The van der Waals surface area contributed by atoms with Gasteiger partial charge in [0.25, 0.3) is 0 Å². The molecule has 0 unspecified atom stereocenters. The number of hydrogen-bond acceptors (Lipinski definition) is 2. The van der Waals surface area contributed by atoms with Crippen molar-refractivity contribution in [3.63, 3.8) is 0 Å². The second kappa shape index (κ2) is 5.94. The van der Waals surface area contributed by atoms with Crippen LogP contribution in [0.25, 0.3) is 0 Å². The largest absolute Gasteiger partial charge is 0.343 e. The van der Waals surface area contributed by atoms with Crippen LogP contribution in [0, 0.1) is 6.92 Å². The van der Waals surface area contributed by atoms with Gasteiger partial charge in [0, 0.05) is 18.0 Å². The number of hydrogen-bond donors (Lipinski definition) is 0. The molecule has 0 saturated heterocycles. The third-order valence-electron chi connectivity index (χ3n) is 2.55. The number of carbonyl (C=O) groups is 1. The zero-order valence-corrected chi connectivity index (χ0v) is 11.2. The van der Waals surface area contributed by atoms with Gasteiger partial charge in [-0.3, -0.25) is 4.79 Å². The van der Waals surface area contributed by atoms with Gasteiger partial charge in [0.1, 0.15) is 0 Å². The highest BCUT2D eigenvalue weighted by molar-refractivity contribution is 8.00. The van der Waals surface area contributed by atoms with Crippen LogP contribution in [0.1, 0.15) is 19.4 Å². The Kier molecular flexibility index (Phi) is 4.87. The molecule has 0 heterocycles. The van der Waals surface area contributed by atoms with E-state index >= 15 is 0 Å². The maximum absolute atomic E-state index is 11.7. The number of thioether (sulfide) groups is 1. The number of amides is 1. The molecule has 1 rings (SSSR count). The highest BCUT2D eigenvalue weighted by Crippen LogP contribution is 2.18. The summed E-state index contributed by atoms with van der Waals surface area (Å²) in [6.45, 7) is 6.11. The van der Waals surface area contributed by atoms with E-state index in [0.717, 1.165) is 4.90 Å². The van der Waals surface area contributed by atoms with Crippen LogP contribution in [0.2, 0.25) is 0 Å². The highest BCUT2D eigenvalue weighted by Gasteiger charge is 2.11. The van der Waals surface area contributed by atoms with E-state index in [4.69, 9.17) is 0 Å². The van der Waals surface area contributed by atoms with Crippen molar-refractivity contribution in [3.05, 3.63) is 29.8 Å². The number of nitrogens with zero attached hydrogens (tertiary/aromatic N) is 1. The van der Waals surface area contributed by atoms with Crippen molar-refractivity contribution in [1.29, 1.82) is 0 Å². The lowest BCUT2D eigenvalue weighted by atomic mass is 10.2. The van der Waals surface area contributed by atoms with Gasteiger partial charge in [-0.1, -0.05) is 17.7 Å². The minimum absolute atomic E-state index is 0.181. The molecule has 0 aromatic heterocycles. The van der Waals surface area contributed by atoms with Gasteiger partial charge in [0.05, 0.1) is 5.75 Å². The van der Waals surface area contributed by atoms with Gasteiger partial charge in [-0.2, -0.15) is 0 Å². The Bertz CT molecular complexity index is 345. The van der Waals surface area contributed by atoms with E-state index in [1.807, 2.05) is 20.9 Å². The summed E-state index contributed by atoms with van der Waals surface area (Å²) in [5.41, 5.74) is 1.25. The number of carbonyl (C=O) groups excluding carboxylic acids is 1. The summed E-state index contributed by atoms with van der Waals surface area (Å²) in [5.74, 6) is 0.693. The van der Waals surface area contributed by atoms with Gasteiger partial charge in [0.15, 0.2) is 0 Å². The standard InChI is InChI=1S/C13H19NOS/c1-10(2)14(4)13(15)9-16-12-7-5-11(3)6-8-12/h5-8,10H,9H2,1-4H3. The molecule has 88 valence electrons. The van der Waals surface area contributed by atoms with Crippen LogP contribution in [0.3, 0.4) is 0 Å². The third kappa shape index (κ3) is 3.89. The van der Waals surface area contributed by atoms with E-state index in [1.54, 1.807) is 16.7 Å². The van der Waals surface area contributed by atoms with Crippen LogP contribution in [0.4, 0.5) is 0 Å². The molecule has 1 amide bonds. The first kappa shape index (κ1) is 13.1. The highest BCUT2D eigenvalue weighted by atomic mass is 32.2. The summed E-state index contributed by atoms with van der Waals surface area (Å²) < 4.78 is 0. The van der Waals surface area contributed by atoms with E-state index in [0.29, 0.717) is 5.75 Å². The first-order valence-corrected chi connectivity index (χ1v) is 6.44. The lowest BCUT2D eigenvalue weighted by Crippen LogP contribution is -2.34. The molecule has 1 aromatic carbocycles. The Balaban J connectivity index is 2.46. The van der Waals surface area contributed by atoms with E-state index in [9.17, 15) is 4.79 Å². The van der Waals surface area contributed by atoms with E-state index < -0.39 is 0 Å². The average molecular weight is 237 g/mol. The van der Waals surface area contributed by atoms with Gasteiger partial charge in [-0.25, -0.2) is 0 Å². The van der Waals surface area contributed by atoms with Gasteiger partial charge >= 0.3 is 0 Å². The molecule has 16 heavy (non-hydrogen) atoms. The first-order valence-electron chi connectivity index (χ1n) is 5.46. The van der Waals surface area contributed by atoms with Crippen LogP contribution in [-0.4, -0.2) is 29.6 Å². The SMILES string of the molecule is Cc1ccc(SCC(=O)N(C)C(C)C)cc1. The predicted octanol–water partition coefficient (Wildman–Crippen LogP) is 2.95. The average Bonchev–Trinajstić information content (AvgIpc) is 2.26. The van der Waals surface area contributed by atoms with E-state index in [1.165, 1.54) is 5.56 Å². The zero-order valence-electron chi connectivity index (χ0n) is 10.4. The predicted molar refractivity (Wildman–Crippen MR) is 69.8 cm³/mol. The van der Waals surface area contributed by atoms with Crippen molar-refractivity contribution in [1.82, 2.24) is 4.90 Å². The molecule has 1 aromatic rings. The molecule has 0 N–H and O–H groups in total. The molecule has 0 atom stereocenters. The Morgan fingerprint density at radius 1 is 1.31 bits per heavy atom. The molecule has 0 fully saturated rings. The summed E-state index contributed by atoms with van der Waals surface area (Å²) in [6.07, 6.45) is 0. The lowest BCUT2D eigenvalue weighted by molar-refractivity contribution is -0.128. The van der Waals surface area contributed by atoms with E-state index in [-0.39, 0.29) is 11.9 Å². The minimum atomic E-state index is 0.181. The quantitative estimate of drug-likeness (QED) is 0.750. The Hall–Kier alpha value is -0.960. The maximum atomic E-state index is 11.7. The molecule has 0 radical (unpaired) electrons. The van der Waals surface area contributed by atoms with Crippen LogP contribution in [-0.2, 0) is 4.79 Å². The monoisotopic (exact) mass is 237 g/mol. The molecule has 0 saturated carbocycles. The summed E-state index contributed by atoms with van der Waals surface area (Å²) in [5, 5.41) is 0. The fraction of sp³-hybridized carbons (Fsp3) is 0.462. The van der Waals surface area contributed by atoms with Gasteiger partial charge in [-0.15, -0.1) is 11.8 Å². The maximum Gasteiger partial charge on any atom is 0.232 e. The molecule has 0 aliphatic rings. The fourth-order valence-electron chi connectivity index (χ4n) is 1.17. The second-order valence-corrected chi connectivity index (χ2v) is 5.25. The first-order chi connectivity index (χ1) is 7.50. The van der Waals surface area contributed by atoms with Crippen molar-refractivity contribution in [2.24, 2.45) is 0 Å². The fourth-order valence-corrected chi connectivity index (χ4v) is 1.99. The molecule has 0 spiro atoms. The number of benzene rings is 1. The summed E-state index contributed by atoms with van der Waals surface area (Å²) in [4.78, 5) is 14.7. The normalized spacial score (nSPS) is 10.6. The second-order valence-electron chi connectivity index (χ2n) is 4.20. The molecule has 0 aliphatic carbocycles. The van der Waals surface area contributed by atoms with Crippen molar-refractivity contribution >= 4 is 17.7 Å². The molecule has 0 bridgehead atoms. The zero-order chi connectivity index (χ0) is 12.1. The molecule has 2 nitrogen and oxygen atoms in total. The molecular weight excluding hydrogens is 218 g/mol. The van der Waals surface area contributed by atoms with Crippen molar-refractivity contribution in [2.75, 3.05) is 12.8 Å². The lowest BCUT2D eigenvalue weighted by Gasteiger charge is -2.21. The van der Waals surface area contributed by atoms with Crippen LogP contribution < -0.4 is 0 Å². The van der Waals surface area contributed by atoms with Crippen LogP contribution in [0.15, 0.2) is 29.2 Å². The topological polar surface area (TPSA) is 20.3 Å². The molecule has 0 aliphatic heterocycles. The van der Waals surface area contributed by atoms with Crippen molar-refractivity contribution in [2.45, 2.75) is 31.7 Å². The van der Waals surface area contributed by atoms with Gasteiger partial charge in [0.2, 0.25) is 5.91 Å². The molecule has 3 heteroatoms. The third-order valence-corrected chi connectivity index (χ3v) is 3.55. The summed E-state index contributed by atoms with van der Waals surface area (Å²) in [7, 11) is 1.85. The summed E-state index contributed by atoms with van der Waals surface area (Å²) >= 11 is 1.59. The van der Waals surface area contributed by atoms with Crippen molar-refractivity contribution < 1.29 is 4.79 Å². The number of aryl methyl sites for hydroxylation is 1. The van der Waals surface area contributed by atoms with E-state index in [2.05, 4.69) is 31.2 Å². The van der Waals surface area contributed by atoms with Crippen LogP contribution >= 0.6 is 11.8 Å². The van der Waals surface area contributed by atoms with Crippen molar-refractivity contribution in [3.8, 4) is 0 Å². The van der Waals surface area contributed by atoms with Crippen LogP contribution in [0.5, 0.6) is 0 Å². The molecular formula is C13H19NOS. The number of rotatable bonds is 4. The van der Waals surface area contributed by atoms with Gasteiger partial charge in [-0.05, 0) is 32.9 Å². The minimum Gasteiger partial charge on any atom is -0.343 e. The Morgan fingerprint density at radius 3 is 2.38 bits per heavy atom.